The number of anilines is 1. The predicted octanol–water partition coefficient (Wildman–Crippen LogP) is 6.53. The zero-order valence-electron chi connectivity index (χ0n) is 19.7. The maximum absolute atomic E-state index is 13.6. The second-order valence-corrected chi connectivity index (χ2v) is 11.1. The van der Waals surface area contributed by atoms with Gasteiger partial charge in [0.05, 0.1) is 16.5 Å². The number of amides is 1. The maximum Gasteiger partial charge on any atom is 0.259 e. The van der Waals surface area contributed by atoms with Gasteiger partial charge in [-0.05, 0) is 49.1 Å². The van der Waals surface area contributed by atoms with Gasteiger partial charge in [-0.1, -0.05) is 56.3 Å². The van der Waals surface area contributed by atoms with Gasteiger partial charge >= 0.3 is 0 Å². The van der Waals surface area contributed by atoms with Gasteiger partial charge in [-0.2, -0.15) is 5.26 Å². The van der Waals surface area contributed by atoms with Gasteiger partial charge in [0.25, 0.3) is 11.6 Å². The second kappa shape index (κ2) is 8.37. The molecule has 1 atom stereocenters. The van der Waals surface area contributed by atoms with Crippen molar-refractivity contribution in [2.24, 2.45) is 11.3 Å². The van der Waals surface area contributed by atoms with Crippen LogP contribution in [0.25, 0.3) is 22.4 Å². The van der Waals surface area contributed by atoms with E-state index in [0.717, 1.165) is 30.4 Å². The molecule has 7 heteroatoms. The van der Waals surface area contributed by atoms with Crippen LogP contribution in [-0.4, -0.2) is 16.0 Å². The molecule has 0 fully saturated rings. The number of hydrogen-bond acceptors (Lipinski definition) is 6. The number of fused-ring (bicyclic) bond motifs is 2. The van der Waals surface area contributed by atoms with E-state index in [4.69, 9.17) is 4.52 Å². The van der Waals surface area contributed by atoms with Gasteiger partial charge in [0, 0.05) is 16.1 Å². The molecule has 1 unspecified atom stereocenters. The normalized spacial score (nSPS) is 15.7. The number of thiophene rings is 1. The van der Waals surface area contributed by atoms with Crippen LogP contribution in [0.1, 0.15) is 59.2 Å². The van der Waals surface area contributed by atoms with Crippen LogP contribution in [0.4, 0.5) is 5.00 Å². The number of nitrogens with one attached hydrogen (secondary N) is 1. The number of aryl methyl sites for hydroxylation is 1. The highest BCUT2D eigenvalue weighted by atomic mass is 32.1. The van der Waals surface area contributed by atoms with Gasteiger partial charge in [-0.15, -0.1) is 11.3 Å². The number of aromatic nitrogens is 2. The molecule has 6 nitrogen and oxygen atoms in total. The fraction of sp³-hybridized carbons (Fsp3) is 0.333. The lowest BCUT2D eigenvalue weighted by Crippen LogP contribution is -2.26. The highest BCUT2D eigenvalue weighted by Crippen LogP contribution is 2.44. The summed E-state index contributed by atoms with van der Waals surface area (Å²) in [5.41, 5.74) is 4.73. The van der Waals surface area contributed by atoms with Crippen LogP contribution in [0, 0.1) is 29.6 Å². The summed E-state index contributed by atoms with van der Waals surface area (Å²) in [7, 11) is 0. The van der Waals surface area contributed by atoms with Crippen LogP contribution >= 0.6 is 11.3 Å². The zero-order valence-corrected chi connectivity index (χ0v) is 20.5. The number of rotatable bonds is 3. The molecule has 3 aromatic heterocycles. The van der Waals surface area contributed by atoms with E-state index in [1.807, 2.05) is 37.3 Å². The molecule has 3 heterocycles. The van der Waals surface area contributed by atoms with Crippen molar-refractivity contribution in [2.75, 3.05) is 5.32 Å². The number of carbonyl (C=O) groups excluding carboxylic acids is 1. The summed E-state index contributed by atoms with van der Waals surface area (Å²) in [5, 5.41) is 18.4. The third kappa shape index (κ3) is 3.88. The molecule has 0 aliphatic heterocycles. The van der Waals surface area contributed by atoms with Crippen LogP contribution < -0.4 is 5.32 Å². The van der Waals surface area contributed by atoms with Crippen LogP contribution in [0.3, 0.4) is 0 Å². The molecule has 5 rings (SSSR count). The Morgan fingerprint density at radius 3 is 2.74 bits per heavy atom. The number of benzene rings is 1. The molecular weight excluding hydrogens is 444 g/mol. The largest absolute Gasteiger partial charge is 0.335 e. The van der Waals surface area contributed by atoms with E-state index in [9.17, 15) is 10.1 Å². The van der Waals surface area contributed by atoms with Gasteiger partial charge in [-0.3, -0.25) is 4.79 Å². The molecule has 0 saturated heterocycles. The van der Waals surface area contributed by atoms with E-state index in [2.05, 4.69) is 42.3 Å². The standard InChI is InChI=1S/C27H26N4O2S/c1-15-12-19(22-23(31-33-25(22)29-15)16-8-6-5-7-9-16)24(32)30-26-20(14-28)18-11-10-17(27(2,3)4)13-21(18)34-26/h5-9,12,17H,10-11,13H2,1-4H3,(H,30,32). The lowest BCUT2D eigenvalue weighted by atomic mass is 9.72. The van der Waals surface area contributed by atoms with Crippen molar-refractivity contribution in [1.29, 1.82) is 5.26 Å². The van der Waals surface area contributed by atoms with E-state index in [-0.39, 0.29) is 11.3 Å². The Morgan fingerprint density at radius 1 is 1.26 bits per heavy atom. The van der Waals surface area contributed by atoms with Crippen LogP contribution in [0.5, 0.6) is 0 Å². The molecule has 1 aliphatic rings. The lowest BCUT2D eigenvalue weighted by Gasteiger charge is -2.33. The van der Waals surface area contributed by atoms with E-state index in [0.29, 0.717) is 44.5 Å². The quantitative estimate of drug-likeness (QED) is 0.367. The Hall–Kier alpha value is -3.50. The molecule has 34 heavy (non-hydrogen) atoms. The number of nitriles is 1. The lowest BCUT2D eigenvalue weighted by molar-refractivity contribution is 0.102. The first-order valence-electron chi connectivity index (χ1n) is 11.4. The zero-order chi connectivity index (χ0) is 24.0. The van der Waals surface area contributed by atoms with Crippen molar-refractivity contribution < 1.29 is 9.32 Å². The Bertz CT molecular complexity index is 1440. The van der Waals surface area contributed by atoms with Crippen molar-refractivity contribution >= 4 is 33.3 Å². The van der Waals surface area contributed by atoms with E-state index >= 15 is 0 Å². The number of pyridine rings is 1. The van der Waals surface area contributed by atoms with Crippen molar-refractivity contribution in [3.63, 3.8) is 0 Å². The minimum absolute atomic E-state index is 0.209. The average molecular weight is 471 g/mol. The Kier molecular flexibility index (Phi) is 5.49. The first-order valence-corrected chi connectivity index (χ1v) is 12.3. The van der Waals surface area contributed by atoms with Gasteiger partial charge in [-0.25, -0.2) is 4.98 Å². The fourth-order valence-electron chi connectivity index (χ4n) is 4.75. The van der Waals surface area contributed by atoms with Crippen molar-refractivity contribution in [2.45, 2.75) is 47.0 Å². The van der Waals surface area contributed by atoms with Gasteiger partial charge in [0.15, 0.2) is 0 Å². The van der Waals surface area contributed by atoms with Crippen LogP contribution in [-0.2, 0) is 12.8 Å². The Morgan fingerprint density at radius 2 is 2.03 bits per heavy atom. The molecule has 172 valence electrons. The first kappa shape index (κ1) is 22.3. The number of hydrogen-bond donors (Lipinski definition) is 1. The third-order valence-electron chi connectivity index (χ3n) is 6.70. The third-order valence-corrected chi connectivity index (χ3v) is 7.87. The summed E-state index contributed by atoms with van der Waals surface area (Å²) >= 11 is 1.53. The molecule has 1 amide bonds. The monoisotopic (exact) mass is 470 g/mol. The summed E-state index contributed by atoms with van der Waals surface area (Å²) in [4.78, 5) is 19.2. The van der Waals surface area contributed by atoms with Gasteiger partial charge in [0.1, 0.15) is 16.8 Å². The molecule has 0 bridgehead atoms. The van der Waals surface area contributed by atoms with Crippen LogP contribution in [0.2, 0.25) is 0 Å². The topological polar surface area (TPSA) is 91.8 Å². The first-order chi connectivity index (χ1) is 16.3. The maximum atomic E-state index is 13.6. The number of carbonyl (C=O) groups is 1. The van der Waals surface area contributed by atoms with Gasteiger partial charge < -0.3 is 9.84 Å². The smallest absolute Gasteiger partial charge is 0.259 e. The van der Waals surface area contributed by atoms with Crippen LogP contribution in [0.15, 0.2) is 40.9 Å². The van der Waals surface area contributed by atoms with E-state index in [1.165, 1.54) is 16.2 Å². The van der Waals surface area contributed by atoms with Crippen molar-refractivity contribution in [1.82, 2.24) is 10.1 Å². The summed E-state index contributed by atoms with van der Waals surface area (Å²) in [6, 6.07) is 13.7. The fourth-order valence-corrected chi connectivity index (χ4v) is 6.02. The van der Waals surface area contributed by atoms with E-state index < -0.39 is 0 Å². The highest BCUT2D eigenvalue weighted by molar-refractivity contribution is 7.16. The van der Waals surface area contributed by atoms with Crippen molar-refractivity contribution in [3.8, 4) is 17.3 Å². The summed E-state index contributed by atoms with van der Waals surface area (Å²) in [5.74, 6) is 0.264. The van der Waals surface area contributed by atoms with Gasteiger partial charge in [0.2, 0.25) is 0 Å². The molecule has 1 aliphatic carbocycles. The summed E-state index contributed by atoms with van der Waals surface area (Å²) < 4.78 is 5.49. The molecule has 1 N–H and O–H groups in total. The molecule has 0 spiro atoms. The number of nitrogens with zero attached hydrogens (tertiary/aromatic N) is 3. The summed E-state index contributed by atoms with van der Waals surface area (Å²) in [6.45, 7) is 8.62. The Balaban J connectivity index is 1.54. The molecule has 4 aromatic rings. The molecule has 1 aromatic carbocycles. The Labute approximate surface area is 202 Å². The molecule has 0 saturated carbocycles. The highest BCUT2D eigenvalue weighted by Gasteiger charge is 2.32. The van der Waals surface area contributed by atoms with Crippen molar-refractivity contribution in [3.05, 3.63) is 63.7 Å². The average Bonchev–Trinajstić information content (AvgIpc) is 3.38. The minimum Gasteiger partial charge on any atom is -0.335 e. The SMILES string of the molecule is Cc1cc(C(=O)Nc2sc3c(c2C#N)CCC(C(C)(C)C)C3)c2c(-c3ccccc3)noc2n1. The van der Waals surface area contributed by atoms with E-state index in [1.54, 1.807) is 6.07 Å². The minimum atomic E-state index is -0.293. The molecule has 0 radical (unpaired) electrons. The summed E-state index contributed by atoms with van der Waals surface area (Å²) in [6.07, 6.45) is 2.87. The predicted molar refractivity (Wildman–Crippen MR) is 134 cm³/mol. The molecular formula is C27H26N4O2S. The second-order valence-electron chi connectivity index (χ2n) is 9.97.